The summed E-state index contributed by atoms with van der Waals surface area (Å²) in [5.74, 6) is 0.121. The Morgan fingerprint density at radius 1 is 1.46 bits per heavy atom. The first-order valence-electron chi connectivity index (χ1n) is 7.60. The van der Waals surface area contributed by atoms with Gasteiger partial charge in [0.05, 0.1) is 12.7 Å². The molecule has 7 heteroatoms. The van der Waals surface area contributed by atoms with Crippen molar-refractivity contribution < 1.29 is 13.6 Å². The second-order valence-electron chi connectivity index (χ2n) is 5.68. The highest BCUT2D eigenvalue weighted by atomic mass is 19.1. The van der Waals surface area contributed by atoms with E-state index in [1.54, 1.807) is 37.2 Å². The molecule has 0 aliphatic rings. The summed E-state index contributed by atoms with van der Waals surface area (Å²) in [6.07, 6.45) is 3.44. The zero-order valence-electron chi connectivity index (χ0n) is 13.8. The van der Waals surface area contributed by atoms with Crippen molar-refractivity contribution in [3.63, 3.8) is 0 Å². The van der Waals surface area contributed by atoms with Crippen LogP contribution < -0.4 is 10.6 Å². The highest BCUT2D eigenvalue weighted by Crippen LogP contribution is 2.26. The highest BCUT2D eigenvalue weighted by molar-refractivity contribution is 5.84. The van der Waals surface area contributed by atoms with Gasteiger partial charge in [0, 0.05) is 29.8 Å². The van der Waals surface area contributed by atoms with E-state index >= 15 is 0 Å². The number of nitrogens with one attached hydrogen (secondary N) is 2. The Balaban J connectivity index is 1.75. The molecule has 0 saturated carbocycles. The Kier molecular flexibility index (Phi) is 4.35. The number of carbonyl (C=O) groups excluding carboxylic acids is 1. The van der Waals surface area contributed by atoms with Gasteiger partial charge in [0.1, 0.15) is 23.2 Å². The van der Waals surface area contributed by atoms with Crippen LogP contribution in [0.1, 0.15) is 22.9 Å². The number of halogens is 1. The van der Waals surface area contributed by atoms with Crippen molar-refractivity contribution in [3.05, 3.63) is 53.3 Å². The fourth-order valence-corrected chi connectivity index (χ4v) is 2.72. The average Bonchev–Trinajstić information content (AvgIpc) is 3.11. The molecule has 1 aromatic carbocycles. The molecule has 0 spiro atoms. The van der Waals surface area contributed by atoms with E-state index in [-0.39, 0.29) is 18.3 Å². The van der Waals surface area contributed by atoms with Gasteiger partial charge >= 0.3 is 0 Å². The van der Waals surface area contributed by atoms with Crippen molar-refractivity contribution in [1.82, 2.24) is 20.4 Å². The third-order valence-electron chi connectivity index (χ3n) is 4.03. The van der Waals surface area contributed by atoms with Gasteiger partial charge in [-0.05, 0) is 32.2 Å². The summed E-state index contributed by atoms with van der Waals surface area (Å²) in [6, 6.07) is 3.88. The molecule has 0 bridgehead atoms. The molecule has 1 atom stereocenters. The molecule has 1 unspecified atom stereocenters. The molecule has 126 valence electrons. The molecule has 24 heavy (non-hydrogen) atoms. The molecule has 0 aliphatic carbocycles. The molecule has 0 saturated heterocycles. The Morgan fingerprint density at radius 2 is 2.25 bits per heavy atom. The molecule has 2 N–H and O–H groups in total. The normalized spacial score (nSPS) is 12.5. The van der Waals surface area contributed by atoms with Crippen molar-refractivity contribution in [1.29, 1.82) is 0 Å². The number of carbonyl (C=O) groups is 1. The van der Waals surface area contributed by atoms with Crippen LogP contribution >= 0.6 is 0 Å². The van der Waals surface area contributed by atoms with Crippen LogP contribution in [0.4, 0.5) is 4.39 Å². The SMILES string of the molecule is CNC(C(=O)NCc1oc2ccc(F)cc2c1C)c1cnn(C)c1. The largest absolute Gasteiger partial charge is 0.459 e. The molecular weight excluding hydrogens is 311 g/mol. The third kappa shape index (κ3) is 3.03. The molecular formula is C17H19FN4O2. The molecule has 3 aromatic rings. The number of hydrogen-bond donors (Lipinski definition) is 2. The summed E-state index contributed by atoms with van der Waals surface area (Å²) in [4.78, 5) is 12.4. The monoisotopic (exact) mass is 330 g/mol. The fraction of sp³-hybridized carbons (Fsp3) is 0.294. The number of aryl methyl sites for hydroxylation is 2. The molecule has 0 aliphatic heterocycles. The molecule has 1 amide bonds. The number of nitrogens with zero attached hydrogens (tertiary/aromatic N) is 2. The van der Waals surface area contributed by atoms with Crippen LogP contribution in [-0.2, 0) is 18.4 Å². The summed E-state index contributed by atoms with van der Waals surface area (Å²) in [7, 11) is 3.51. The maximum absolute atomic E-state index is 13.4. The highest BCUT2D eigenvalue weighted by Gasteiger charge is 2.21. The first-order valence-corrected chi connectivity index (χ1v) is 7.60. The Morgan fingerprint density at radius 3 is 2.92 bits per heavy atom. The van der Waals surface area contributed by atoms with Gasteiger partial charge < -0.3 is 15.1 Å². The van der Waals surface area contributed by atoms with E-state index in [4.69, 9.17) is 4.42 Å². The summed E-state index contributed by atoms with van der Waals surface area (Å²) in [5.41, 5.74) is 2.21. The van der Waals surface area contributed by atoms with E-state index in [1.807, 2.05) is 6.92 Å². The number of hydrogen-bond acceptors (Lipinski definition) is 4. The van der Waals surface area contributed by atoms with E-state index < -0.39 is 6.04 Å². The molecule has 6 nitrogen and oxygen atoms in total. The van der Waals surface area contributed by atoms with Gasteiger partial charge in [-0.1, -0.05) is 0 Å². The average molecular weight is 330 g/mol. The number of fused-ring (bicyclic) bond motifs is 1. The van der Waals surface area contributed by atoms with E-state index in [1.165, 1.54) is 12.1 Å². The van der Waals surface area contributed by atoms with Crippen LogP contribution in [-0.4, -0.2) is 22.7 Å². The summed E-state index contributed by atoms with van der Waals surface area (Å²) in [5, 5.41) is 10.6. The number of amides is 1. The summed E-state index contributed by atoms with van der Waals surface area (Å²) >= 11 is 0. The second-order valence-corrected chi connectivity index (χ2v) is 5.68. The second kappa shape index (κ2) is 6.45. The van der Waals surface area contributed by atoms with Gasteiger partial charge in [-0.15, -0.1) is 0 Å². The molecule has 0 radical (unpaired) electrons. The van der Waals surface area contributed by atoms with Gasteiger partial charge in [-0.2, -0.15) is 5.10 Å². The summed E-state index contributed by atoms with van der Waals surface area (Å²) in [6.45, 7) is 2.09. The van der Waals surface area contributed by atoms with Gasteiger partial charge in [0.25, 0.3) is 0 Å². The van der Waals surface area contributed by atoms with Gasteiger partial charge in [0.2, 0.25) is 5.91 Å². The van der Waals surface area contributed by atoms with Gasteiger partial charge in [0.15, 0.2) is 0 Å². The standard InChI is InChI=1S/C17H19FN4O2/c1-10-13-6-12(18)4-5-14(13)24-15(10)8-20-17(23)16(19-2)11-7-21-22(3)9-11/h4-7,9,16,19H,8H2,1-3H3,(H,20,23). The Labute approximate surface area is 138 Å². The van der Waals surface area contributed by atoms with E-state index in [0.717, 1.165) is 16.5 Å². The van der Waals surface area contributed by atoms with Crippen molar-refractivity contribution in [3.8, 4) is 0 Å². The summed E-state index contributed by atoms with van der Waals surface area (Å²) < 4.78 is 20.7. The number of likely N-dealkylation sites (N-methyl/N-ethyl adjacent to an activating group) is 1. The first-order chi connectivity index (χ1) is 11.5. The van der Waals surface area contributed by atoms with Crippen LogP contribution in [0.25, 0.3) is 11.0 Å². The van der Waals surface area contributed by atoms with Crippen LogP contribution in [0.2, 0.25) is 0 Å². The van der Waals surface area contributed by atoms with Gasteiger partial charge in [-0.25, -0.2) is 4.39 Å². The smallest absolute Gasteiger partial charge is 0.242 e. The Hall–Kier alpha value is -2.67. The lowest BCUT2D eigenvalue weighted by Crippen LogP contribution is -2.35. The van der Waals surface area contributed by atoms with Crippen LogP contribution in [0.15, 0.2) is 35.0 Å². The minimum absolute atomic E-state index is 0.184. The molecule has 0 fully saturated rings. The van der Waals surface area contributed by atoms with Crippen LogP contribution in [0.5, 0.6) is 0 Å². The lowest BCUT2D eigenvalue weighted by molar-refractivity contribution is -0.123. The minimum Gasteiger partial charge on any atom is -0.459 e. The van der Waals surface area contributed by atoms with Crippen molar-refractivity contribution in [2.24, 2.45) is 7.05 Å². The quantitative estimate of drug-likeness (QED) is 0.752. The maximum Gasteiger partial charge on any atom is 0.242 e. The number of rotatable bonds is 5. The zero-order chi connectivity index (χ0) is 17.3. The predicted molar refractivity (Wildman–Crippen MR) is 87.8 cm³/mol. The van der Waals surface area contributed by atoms with Crippen LogP contribution in [0, 0.1) is 12.7 Å². The number of aromatic nitrogens is 2. The zero-order valence-corrected chi connectivity index (χ0v) is 13.8. The Bertz CT molecular complexity index is 884. The fourth-order valence-electron chi connectivity index (χ4n) is 2.72. The van der Waals surface area contributed by atoms with Crippen molar-refractivity contribution in [2.75, 3.05) is 7.05 Å². The van der Waals surface area contributed by atoms with Gasteiger partial charge in [-0.3, -0.25) is 9.48 Å². The van der Waals surface area contributed by atoms with Crippen molar-refractivity contribution >= 4 is 16.9 Å². The third-order valence-corrected chi connectivity index (χ3v) is 4.03. The predicted octanol–water partition coefficient (Wildman–Crippen LogP) is 2.19. The lowest BCUT2D eigenvalue weighted by atomic mass is 10.1. The van der Waals surface area contributed by atoms with Crippen LogP contribution in [0.3, 0.4) is 0 Å². The first kappa shape index (κ1) is 16.2. The number of benzene rings is 1. The molecule has 2 heterocycles. The number of furan rings is 1. The molecule has 2 aromatic heterocycles. The van der Waals surface area contributed by atoms with E-state index in [0.29, 0.717) is 11.3 Å². The topological polar surface area (TPSA) is 72.1 Å². The lowest BCUT2D eigenvalue weighted by Gasteiger charge is -2.14. The minimum atomic E-state index is -0.499. The molecule has 3 rings (SSSR count). The van der Waals surface area contributed by atoms with E-state index in [9.17, 15) is 9.18 Å². The van der Waals surface area contributed by atoms with Crippen molar-refractivity contribution in [2.45, 2.75) is 19.5 Å². The maximum atomic E-state index is 13.4. The van der Waals surface area contributed by atoms with E-state index in [2.05, 4.69) is 15.7 Å².